The molecule has 1 atom stereocenters. The molecule has 0 aliphatic heterocycles. The molecule has 1 amide bonds. The molecule has 1 heterocycles. The van der Waals surface area contributed by atoms with Gasteiger partial charge in [0.05, 0.1) is 18.4 Å². The molecule has 27 heavy (non-hydrogen) atoms. The maximum Gasteiger partial charge on any atom is 0.328 e. The van der Waals surface area contributed by atoms with Gasteiger partial charge in [0.1, 0.15) is 18.2 Å². The highest BCUT2D eigenvalue weighted by Gasteiger charge is 2.24. The Balaban J connectivity index is 1.88. The SMILES string of the molecule is COC(=O)C(Cc1ccccc1)NC(=O)c1cc(F)ccc1-n1cnnn1. The molecule has 0 radical (unpaired) electrons. The Kier molecular flexibility index (Phi) is 5.50. The lowest BCUT2D eigenvalue weighted by molar-refractivity contribution is -0.142. The second-order valence-corrected chi connectivity index (χ2v) is 5.65. The molecule has 0 bridgehead atoms. The van der Waals surface area contributed by atoms with Gasteiger partial charge in [0.25, 0.3) is 5.91 Å². The van der Waals surface area contributed by atoms with Crippen molar-refractivity contribution >= 4 is 11.9 Å². The Bertz CT molecular complexity index is 931. The maximum atomic E-state index is 13.7. The van der Waals surface area contributed by atoms with Gasteiger partial charge in [-0.3, -0.25) is 4.79 Å². The molecule has 1 unspecified atom stereocenters. The highest BCUT2D eigenvalue weighted by Crippen LogP contribution is 2.16. The summed E-state index contributed by atoms with van der Waals surface area (Å²) in [6.45, 7) is 0. The molecule has 2 aromatic carbocycles. The molecule has 9 heteroatoms. The van der Waals surface area contributed by atoms with Gasteiger partial charge < -0.3 is 10.1 Å². The fraction of sp³-hybridized carbons (Fsp3) is 0.167. The van der Waals surface area contributed by atoms with Crippen LogP contribution in [-0.4, -0.2) is 45.2 Å². The van der Waals surface area contributed by atoms with E-state index in [1.807, 2.05) is 30.3 Å². The molecule has 3 rings (SSSR count). The minimum Gasteiger partial charge on any atom is -0.467 e. The predicted octanol–water partition coefficient (Wildman–Crippen LogP) is 1.32. The molecule has 0 fully saturated rings. The number of hydrogen-bond acceptors (Lipinski definition) is 6. The second-order valence-electron chi connectivity index (χ2n) is 5.65. The first-order chi connectivity index (χ1) is 13.1. The van der Waals surface area contributed by atoms with Crippen molar-refractivity contribution in [2.24, 2.45) is 0 Å². The number of hydrogen-bond donors (Lipinski definition) is 1. The van der Waals surface area contributed by atoms with Crippen LogP contribution in [0.2, 0.25) is 0 Å². The summed E-state index contributed by atoms with van der Waals surface area (Å²) in [5.41, 5.74) is 1.11. The largest absolute Gasteiger partial charge is 0.467 e. The van der Waals surface area contributed by atoms with E-state index < -0.39 is 23.7 Å². The van der Waals surface area contributed by atoms with Crippen LogP contribution < -0.4 is 5.32 Å². The number of carbonyl (C=O) groups excluding carboxylic acids is 2. The summed E-state index contributed by atoms with van der Waals surface area (Å²) in [5, 5.41) is 13.3. The number of tetrazole rings is 1. The Labute approximate surface area is 154 Å². The van der Waals surface area contributed by atoms with E-state index in [0.29, 0.717) is 0 Å². The van der Waals surface area contributed by atoms with Crippen LogP contribution >= 0.6 is 0 Å². The van der Waals surface area contributed by atoms with E-state index in [2.05, 4.69) is 20.8 Å². The van der Waals surface area contributed by atoms with Crippen LogP contribution in [-0.2, 0) is 16.0 Å². The van der Waals surface area contributed by atoms with E-state index in [4.69, 9.17) is 4.74 Å². The van der Waals surface area contributed by atoms with Crippen LogP contribution in [0.1, 0.15) is 15.9 Å². The fourth-order valence-corrected chi connectivity index (χ4v) is 2.58. The van der Waals surface area contributed by atoms with Crippen molar-refractivity contribution in [1.29, 1.82) is 0 Å². The number of amides is 1. The lowest BCUT2D eigenvalue weighted by atomic mass is 10.0. The summed E-state index contributed by atoms with van der Waals surface area (Å²) in [7, 11) is 1.24. The Hall–Kier alpha value is -3.62. The summed E-state index contributed by atoms with van der Waals surface area (Å²) in [5.74, 6) is -1.85. The van der Waals surface area contributed by atoms with Crippen LogP contribution in [0.5, 0.6) is 0 Å². The van der Waals surface area contributed by atoms with E-state index in [9.17, 15) is 14.0 Å². The van der Waals surface area contributed by atoms with E-state index in [-0.39, 0.29) is 17.7 Å². The van der Waals surface area contributed by atoms with Crippen LogP contribution in [0.3, 0.4) is 0 Å². The van der Waals surface area contributed by atoms with E-state index in [1.54, 1.807) is 0 Å². The Morgan fingerprint density at radius 1 is 1.22 bits per heavy atom. The molecular formula is C18H16FN5O3. The number of ether oxygens (including phenoxy) is 1. The van der Waals surface area contributed by atoms with Gasteiger partial charge in [0, 0.05) is 6.42 Å². The monoisotopic (exact) mass is 369 g/mol. The molecule has 3 aromatic rings. The van der Waals surface area contributed by atoms with Gasteiger partial charge in [0.2, 0.25) is 0 Å². The number of rotatable bonds is 6. The number of aromatic nitrogens is 4. The van der Waals surface area contributed by atoms with Gasteiger partial charge in [-0.2, -0.15) is 4.68 Å². The number of benzene rings is 2. The van der Waals surface area contributed by atoms with Crippen LogP contribution in [0.25, 0.3) is 5.69 Å². The summed E-state index contributed by atoms with van der Waals surface area (Å²) >= 11 is 0. The number of esters is 1. The first-order valence-electron chi connectivity index (χ1n) is 8.04. The summed E-state index contributed by atoms with van der Waals surface area (Å²) in [6, 6.07) is 11.9. The van der Waals surface area contributed by atoms with Crippen LogP contribution in [0.15, 0.2) is 54.9 Å². The molecule has 138 valence electrons. The third-order valence-corrected chi connectivity index (χ3v) is 3.87. The Morgan fingerprint density at radius 2 is 2.00 bits per heavy atom. The third kappa shape index (κ3) is 4.32. The molecule has 0 saturated carbocycles. The molecule has 0 aliphatic carbocycles. The van der Waals surface area contributed by atoms with Crippen LogP contribution in [0.4, 0.5) is 4.39 Å². The number of nitrogens with one attached hydrogen (secondary N) is 1. The lowest BCUT2D eigenvalue weighted by Gasteiger charge is -2.17. The molecule has 8 nitrogen and oxygen atoms in total. The van der Waals surface area contributed by atoms with Gasteiger partial charge in [-0.15, -0.1) is 5.10 Å². The average Bonchev–Trinajstić information content (AvgIpc) is 3.22. The van der Waals surface area contributed by atoms with Gasteiger partial charge in [0.15, 0.2) is 0 Å². The van der Waals surface area contributed by atoms with Crippen molar-refractivity contribution < 1.29 is 18.7 Å². The number of carbonyl (C=O) groups is 2. The molecular weight excluding hydrogens is 353 g/mol. The second kappa shape index (κ2) is 8.17. The highest BCUT2D eigenvalue weighted by molar-refractivity contribution is 5.99. The van der Waals surface area contributed by atoms with Crippen molar-refractivity contribution in [2.45, 2.75) is 12.5 Å². The molecule has 0 spiro atoms. The quantitative estimate of drug-likeness (QED) is 0.658. The normalized spacial score (nSPS) is 11.6. The smallest absolute Gasteiger partial charge is 0.328 e. The van der Waals surface area contributed by atoms with Crippen molar-refractivity contribution in [1.82, 2.24) is 25.5 Å². The molecule has 0 saturated heterocycles. The first kappa shape index (κ1) is 18.2. The molecule has 1 aromatic heterocycles. The Morgan fingerprint density at radius 3 is 2.67 bits per heavy atom. The zero-order valence-electron chi connectivity index (χ0n) is 14.4. The number of methoxy groups -OCH3 is 1. The average molecular weight is 369 g/mol. The zero-order valence-corrected chi connectivity index (χ0v) is 14.4. The van der Waals surface area contributed by atoms with E-state index in [0.717, 1.165) is 11.6 Å². The third-order valence-electron chi connectivity index (χ3n) is 3.87. The topological polar surface area (TPSA) is 99.0 Å². The van der Waals surface area contributed by atoms with Gasteiger partial charge in [-0.05, 0) is 34.2 Å². The molecule has 1 N–H and O–H groups in total. The van der Waals surface area contributed by atoms with Crippen molar-refractivity contribution in [2.75, 3.05) is 7.11 Å². The minimum absolute atomic E-state index is 0.00994. The maximum absolute atomic E-state index is 13.7. The van der Waals surface area contributed by atoms with Gasteiger partial charge in [-0.25, -0.2) is 9.18 Å². The van der Waals surface area contributed by atoms with Gasteiger partial charge >= 0.3 is 5.97 Å². The lowest BCUT2D eigenvalue weighted by Crippen LogP contribution is -2.43. The van der Waals surface area contributed by atoms with Crippen LogP contribution in [0, 0.1) is 5.82 Å². The first-order valence-corrected chi connectivity index (χ1v) is 8.04. The van der Waals surface area contributed by atoms with E-state index >= 15 is 0 Å². The highest BCUT2D eigenvalue weighted by atomic mass is 19.1. The fourth-order valence-electron chi connectivity index (χ4n) is 2.58. The number of halogens is 1. The molecule has 0 aliphatic rings. The van der Waals surface area contributed by atoms with E-state index in [1.165, 1.54) is 30.3 Å². The van der Waals surface area contributed by atoms with Crippen molar-refractivity contribution in [3.63, 3.8) is 0 Å². The zero-order chi connectivity index (χ0) is 19.2. The van der Waals surface area contributed by atoms with Crippen molar-refractivity contribution in [3.05, 3.63) is 71.8 Å². The summed E-state index contributed by atoms with van der Waals surface area (Å²) in [6.07, 6.45) is 1.51. The summed E-state index contributed by atoms with van der Waals surface area (Å²) in [4.78, 5) is 24.9. The van der Waals surface area contributed by atoms with Gasteiger partial charge in [-0.1, -0.05) is 30.3 Å². The number of nitrogens with zero attached hydrogens (tertiary/aromatic N) is 4. The predicted molar refractivity (Wildman–Crippen MR) is 92.5 cm³/mol. The summed E-state index contributed by atoms with van der Waals surface area (Å²) < 4.78 is 19.7. The minimum atomic E-state index is -0.935. The van der Waals surface area contributed by atoms with Crippen molar-refractivity contribution in [3.8, 4) is 5.69 Å². The standard InChI is InChI=1S/C18H16FN5O3/c1-27-18(26)15(9-12-5-3-2-4-6-12)21-17(25)14-10-13(19)7-8-16(14)24-11-20-22-23-24/h2-8,10-11,15H,9H2,1H3,(H,21,25).